The van der Waals surface area contributed by atoms with Gasteiger partial charge in [-0.15, -0.1) is 5.10 Å². The minimum atomic E-state index is 0. The van der Waals surface area contributed by atoms with Gasteiger partial charge in [0.1, 0.15) is 18.8 Å². The fraction of sp³-hybridized carbons (Fsp3) is 0.529. The molecule has 5 nitrogen and oxygen atoms in total. The topological polar surface area (TPSA) is 52.5 Å². The summed E-state index contributed by atoms with van der Waals surface area (Å²) < 4.78 is 8.85. The lowest BCUT2D eigenvalue weighted by Gasteiger charge is -2.28. The molecule has 5 heteroatoms. The Hall–Kier alpha value is -1.75. The molecule has 0 radical (unpaired) electrons. The number of anilines is 1. The second-order valence-electron chi connectivity index (χ2n) is 6.46. The molecule has 0 bridgehead atoms. The van der Waals surface area contributed by atoms with Crippen LogP contribution in [-0.4, -0.2) is 47.4 Å². The molecule has 2 aromatic heterocycles. The highest BCUT2D eigenvalue weighted by molar-refractivity contribution is 5.75. The van der Waals surface area contributed by atoms with E-state index in [1.807, 2.05) is 10.6 Å². The van der Waals surface area contributed by atoms with Gasteiger partial charge < -0.3 is 22.4 Å². The molecule has 1 fully saturated rings. The smallest absolute Gasteiger partial charge is 0.257 e. The Labute approximate surface area is 133 Å². The van der Waals surface area contributed by atoms with E-state index in [0.29, 0.717) is 18.2 Å². The maximum atomic E-state index is 6.17. The van der Waals surface area contributed by atoms with E-state index in [2.05, 4.69) is 32.1 Å². The first-order valence-corrected chi connectivity index (χ1v) is 7.71. The Bertz CT molecular complexity index is 656. The van der Waals surface area contributed by atoms with Crippen LogP contribution in [0.2, 0.25) is 0 Å². The van der Waals surface area contributed by atoms with Crippen LogP contribution in [-0.2, 0) is 0 Å². The average molecular weight is 304 g/mol. The summed E-state index contributed by atoms with van der Waals surface area (Å²) in [4.78, 5) is 0. The maximum Gasteiger partial charge on any atom is 0.257 e. The number of aromatic nitrogens is 2. The standard InChI is InChI=1S/C16H25N4O.CH3/c1-12-6-7-14-15(17)16(18-19(14)13(12)2)21-11-10-20(3)8-4-5-9-20;/h6-7H,4-5,8-11,17H2,1-3H3;1H3/q+1;-1. The SMILES string of the molecule is Cc1ccc2c(N)c(OCC[N+]3(C)CCCC3)nn2c1C.[CH3-]. The van der Waals surface area contributed by atoms with Gasteiger partial charge in [0.2, 0.25) is 0 Å². The van der Waals surface area contributed by atoms with Crippen LogP contribution in [0.15, 0.2) is 12.1 Å². The van der Waals surface area contributed by atoms with Crippen molar-refractivity contribution in [1.29, 1.82) is 0 Å². The zero-order valence-electron chi connectivity index (χ0n) is 14.2. The van der Waals surface area contributed by atoms with Crippen molar-refractivity contribution in [3.05, 3.63) is 30.8 Å². The quantitative estimate of drug-likeness (QED) is 0.698. The molecule has 122 valence electrons. The first-order chi connectivity index (χ1) is 10.0. The van der Waals surface area contributed by atoms with E-state index in [1.165, 1.54) is 31.5 Å². The second kappa shape index (κ2) is 6.16. The van der Waals surface area contributed by atoms with E-state index in [1.54, 1.807) is 0 Å². The molecule has 1 saturated heterocycles. The van der Waals surface area contributed by atoms with Gasteiger partial charge in [0.25, 0.3) is 5.88 Å². The number of hydrogen-bond acceptors (Lipinski definition) is 3. The van der Waals surface area contributed by atoms with E-state index in [9.17, 15) is 0 Å². The molecule has 0 amide bonds. The third-order valence-corrected chi connectivity index (χ3v) is 4.82. The van der Waals surface area contributed by atoms with Crippen LogP contribution in [0.4, 0.5) is 5.69 Å². The number of nitrogens with two attached hydrogens (primary N) is 1. The molecular formula is C17H28N4O. The molecule has 2 aromatic rings. The van der Waals surface area contributed by atoms with Gasteiger partial charge in [-0.2, -0.15) is 0 Å². The van der Waals surface area contributed by atoms with Gasteiger partial charge in [0.05, 0.1) is 25.7 Å². The molecule has 22 heavy (non-hydrogen) atoms. The van der Waals surface area contributed by atoms with Gasteiger partial charge in [0.15, 0.2) is 0 Å². The normalized spacial score (nSPS) is 16.7. The zero-order valence-corrected chi connectivity index (χ0v) is 14.2. The van der Waals surface area contributed by atoms with E-state index < -0.39 is 0 Å². The number of fused-ring (bicyclic) bond motifs is 1. The predicted molar refractivity (Wildman–Crippen MR) is 91.0 cm³/mol. The number of nitrogen functional groups attached to an aromatic ring is 1. The number of aryl methyl sites for hydroxylation is 2. The molecule has 0 atom stereocenters. The van der Waals surface area contributed by atoms with Gasteiger partial charge in [-0.05, 0) is 25.5 Å². The Balaban J connectivity index is 0.00000176. The van der Waals surface area contributed by atoms with Crippen molar-refractivity contribution in [1.82, 2.24) is 9.61 Å². The molecule has 0 spiro atoms. The van der Waals surface area contributed by atoms with Crippen LogP contribution in [0.3, 0.4) is 0 Å². The van der Waals surface area contributed by atoms with E-state index >= 15 is 0 Å². The van der Waals surface area contributed by atoms with Crippen LogP contribution in [0.25, 0.3) is 5.52 Å². The third kappa shape index (κ3) is 2.90. The van der Waals surface area contributed by atoms with Crippen LogP contribution in [0.5, 0.6) is 5.88 Å². The Morgan fingerprint density at radius 2 is 1.95 bits per heavy atom. The number of likely N-dealkylation sites (N-methyl/N-ethyl adjacent to an activating group) is 1. The van der Waals surface area contributed by atoms with Crippen LogP contribution >= 0.6 is 0 Å². The molecule has 2 N–H and O–H groups in total. The van der Waals surface area contributed by atoms with E-state index in [-0.39, 0.29) is 7.43 Å². The number of quaternary nitrogens is 1. The zero-order chi connectivity index (χ0) is 15.0. The molecule has 1 aliphatic rings. The van der Waals surface area contributed by atoms with E-state index in [0.717, 1.165) is 22.2 Å². The summed E-state index contributed by atoms with van der Waals surface area (Å²) in [6.45, 7) is 8.32. The fourth-order valence-corrected chi connectivity index (χ4v) is 3.12. The highest BCUT2D eigenvalue weighted by Gasteiger charge is 2.26. The number of ether oxygens (including phenoxy) is 1. The summed E-state index contributed by atoms with van der Waals surface area (Å²) >= 11 is 0. The highest BCUT2D eigenvalue weighted by Crippen LogP contribution is 2.27. The lowest BCUT2D eigenvalue weighted by molar-refractivity contribution is -0.897. The van der Waals surface area contributed by atoms with Crippen LogP contribution in [0, 0.1) is 21.3 Å². The Kier molecular flexibility index (Phi) is 4.66. The molecule has 0 saturated carbocycles. The summed E-state index contributed by atoms with van der Waals surface area (Å²) in [5, 5.41) is 4.52. The number of rotatable bonds is 4. The molecule has 3 rings (SSSR count). The molecular weight excluding hydrogens is 276 g/mol. The lowest BCUT2D eigenvalue weighted by Crippen LogP contribution is -2.43. The van der Waals surface area contributed by atoms with Crippen molar-refractivity contribution in [3.8, 4) is 5.88 Å². The molecule has 0 unspecified atom stereocenters. The largest absolute Gasteiger partial charge is 0.469 e. The van der Waals surface area contributed by atoms with Crippen molar-refractivity contribution >= 4 is 11.2 Å². The monoisotopic (exact) mass is 304 g/mol. The molecule has 0 aliphatic carbocycles. The first kappa shape index (κ1) is 16.6. The number of hydrogen-bond donors (Lipinski definition) is 1. The first-order valence-electron chi connectivity index (χ1n) is 7.71. The van der Waals surface area contributed by atoms with Gasteiger partial charge >= 0.3 is 0 Å². The van der Waals surface area contributed by atoms with Gasteiger partial charge in [0, 0.05) is 18.5 Å². The summed E-state index contributed by atoms with van der Waals surface area (Å²) in [6, 6.07) is 4.08. The number of likely N-dealkylation sites (tertiary alicyclic amines) is 1. The Morgan fingerprint density at radius 3 is 2.64 bits per heavy atom. The summed E-state index contributed by atoms with van der Waals surface area (Å²) in [5.41, 5.74) is 10.0. The second-order valence-corrected chi connectivity index (χ2v) is 6.46. The summed E-state index contributed by atoms with van der Waals surface area (Å²) in [5.74, 6) is 0.564. The average Bonchev–Trinajstić information content (AvgIpc) is 3.01. The number of pyridine rings is 1. The summed E-state index contributed by atoms with van der Waals surface area (Å²) in [7, 11) is 2.30. The highest BCUT2D eigenvalue weighted by atomic mass is 16.5. The Morgan fingerprint density at radius 1 is 1.27 bits per heavy atom. The minimum absolute atomic E-state index is 0. The van der Waals surface area contributed by atoms with Gasteiger partial charge in [-0.3, -0.25) is 0 Å². The van der Waals surface area contributed by atoms with Crippen molar-refractivity contribution < 1.29 is 9.22 Å². The molecule has 3 heterocycles. The lowest BCUT2D eigenvalue weighted by atomic mass is 10.2. The minimum Gasteiger partial charge on any atom is -0.469 e. The molecule has 0 aromatic carbocycles. The van der Waals surface area contributed by atoms with Gasteiger partial charge in [-0.25, -0.2) is 4.52 Å². The third-order valence-electron chi connectivity index (χ3n) is 4.82. The van der Waals surface area contributed by atoms with Crippen molar-refractivity contribution in [2.24, 2.45) is 0 Å². The van der Waals surface area contributed by atoms with Crippen molar-refractivity contribution in [2.75, 3.05) is 39.0 Å². The number of nitrogens with zero attached hydrogens (tertiary/aromatic N) is 3. The van der Waals surface area contributed by atoms with E-state index in [4.69, 9.17) is 10.5 Å². The maximum absolute atomic E-state index is 6.17. The fourth-order valence-electron chi connectivity index (χ4n) is 3.12. The van der Waals surface area contributed by atoms with Crippen LogP contribution in [0.1, 0.15) is 24.1 Å². The molecule has 1 aliphatic heterocycles. The van der Waals surface area contributed by atoms with Crippen LogP contribution < -0.4 is 10.5 Å². The van der Waals surface area contributed by atoms with Crippen molar-refractivity contribution in [2.45, 2.75) is 26.7 Å². The van der Waals surface area contributed by atoms with Gasteiger partial charge in [-0.1, -0.05) is 6.07 Å². The summed E-state index contributed by atoms with van der Waals surface area (Å²) in [6.07, 6.45) is 2.65. The van der Waals surface area contributed by atoms with Crippen molar-refractivity contribution in [3.63, 3.8) is 0 Å². The predicted octanol–water partition coefficient (Wildman–Crippen LogP) is 2.60.